The molecule has 2 aliphatic rings. The highest BCUT2D eigenvalue weighted by Crippen LogP contribution is 2.30. The van der Waals surface area contributed by atoms with E-state index in [1.807, 2.05) is 31.2 Å². The number of anilines is 1. The number of piperazine rings is 1. The summed E-state index contributed by atoms with van der Waals surface area (Å²) < 4.78 is 0. The molecule has 0 aromatic heterocycles. The second-order valence-corrected chi connectivity index (χ2v) is 7.31. The van der Waals surface area contributed by atoms with Crippen molar-refractivity contribution in [2.24, 2.45) is 0 Å². The molecule has 0 unspecified atom stereocenters. The Bertz CT molecular complexity index is 1060. The van der Waals surface area contributed by atoms with Crippen LogP contribution in [0.3, 0.4) is 0 Å². The molecular weight excluding hydrogens is 388 g/mol. The number of para-hydroxylation sites is 1. The van der Waals surface area contributed by atoms with Gasteiger partial charge in [0.1, 0.15) is 12.1 Å². The van der Waals surface area contributed by atoms with Crippen LogP contribution in [0.1, 0.15) is 26.3 Å². The first-order valence-corrected chi connectivity index (χ1v) is 9.60. The lowest BCUT2D eigenvalue weighted by Crippen LogP contribution is -2.52. The summed E-state index contributed by atoms with van der Waals surface area (Å²) in [7, 11) is 0. The van der Waals surface area contributed by atoms with Gasteiger partial charge < -0.3 is 9.80 Å². The minimum Gasteiger partial charge on any atom is -0.368 e. The molecule has 2 aliphatic heterocycles. The second kappa shape index (κ2) is 7.58. The fourth-order valence-electron chi connectivity index (χ4n) is 3.96. The summed E-state index contributed by atoms with van der Waals surface area (Å²) in [6.07, 6.45) is 0. The van der Waals surface area contributed by atoms with Crippen molar-refractivity contribution in [1.82, 2.24) is 9.80 Å². The third-order valence-electron chi connectivity index (χ3n) is 5.56. The van der Waals surface area contributed by atoms with Crippen LogP contribution in [-0.2, 0) is 4.79 Å². The molecule has 0 aliphatic carbocycles. The Balaban J connectivity index is 1.43. The lowest BCUT2D eigenvalue weighted by molar-refractivity contribution is -0.385. The van der Waals surface area contributed by atoms with Gasteiger partial charge in [-0.25, -0.2) is 0 Å². The number of hydrogen-bond donors (Lipinski definition) is 0. The monoisotopic (exact) mass is 408 g/mol. The molecule has 2 aromatic rings. The number of nitro benzene ring substituents is 1. The largest absolute Gasteiger partial charge is 0.368 e. The molecule has 2 aromatic carbocycles. The number of hydrogen-bond acceptors (Lipinski definition) is 6. The Morgan fingerprint density at radius 3 is 2.37 bits per heavy atom. The number of carbonyl (C=O) groups excluding carboxylic acids is 3. The number of fused-ring (bicyclic) bond motifs is 1. The smallest absolute Gasteiger partial charge is 0.282 e. The predicted octanol–water partition coefficient (Wildman–Crippen LogP) is 1.85. The van der Waals surface area contributed by atoms with Crippen LogP contribution in [0, 0.1) is 17.0 Å². The van der Waals surface area contributed by atoms with E-state index < -0.39 is 29.0 Å². The number of rotatable bonds is 4. The molecule has 0 N–H and O–H groups in total. The Kier molecular flexibility index (Phi) is 4.94. The highest BCUT2D eigenvalue weighted by atomic mass is 16.6. The van der Waals surface area contributed by atoms with Crippen LogP contribution in [-0.4, -0.2) is 65.2 Å². The number of aryl methyl sites for hydroxylation is 1. The minimum absolute atomic E-state index is 0.0358. The minimum atomic E-state index is -0.797. The molecule has 9 heteroatoms. The first kappa shape index (κ1) is 19.6. The molecule has 2 heterocycles. The van der Waals surface area contributed by atoms with Gasteiger partial charge >= 0.3 is 0 Å². The highest BCUT2D eigenvalue weighted by Gasteiger charge is 2.42. The van der Waals surface area contributed by atoms with Crippen molar-refractivity contribution < 1.29 is 19.3 Å². The van der Waals surface area contributed by atoms with Crippen molar-refractivity contribution in [3.05, 3.63) is 69.3 Å². The maximum absolute atomic E-state index is 12.8. The van der Waals surface area contributed by atoms with Gasteiger partial charge in [0.15, 0.2) is 0 Å². The van der Waals surface area contributed by atoms with Gasteiger partial charge in [0.05, 0.1) is 10.5 Å². The molecule has 3 amide bonds. The van der Waals surface area contributed by atoms with E-state index in [-0.39, 0.29) is 17.0 Å². The van der Waals surface area contributed by atoms with Crippen LogP contribution in [0.5, 0.6) is 0 Å². The topological polar surface area (TPSA) is 104 Å². The number of amides is 3. The van der Waals surface area contributed by atoms with Gasteiger partial charge in [-0.05, 0) is 24.6 Å². The normalized spacial score (nSPS) is 16.1. The first-order chi connectivity index (χ1) is 14.4. The molecule has 4 rings (SSSR count). The van der Waals surface area contributed by atoms with Gasteiger partial charge in [-0.3, -0.25) is 29.4 Å². The summed E-state index contributed by atoms with van der Waals surface area (Å²) in [6, 6.07) is 11.9. The zero-order chi connectivity index (χ0) is 21.4. The fraction of sp³-hybridized carbons (Fsp3) is 0.286. The summed E-state index contributed by atoms with van der Waals surface area (Å²) in [4.78, 5) is 53.1. The lowest BCUT2D eigenvalue weighted by atomic mass is 10.1. The maximum Gasteiger partial charge on any atom is 0.282 e. The molecule has 1 fully saturated rings. The molecule has 0 bridgehead atoms. The Morgan fingerprint density at radius 2 is 1.70 bits per heavy atom. The van der Waals surface area contributed by atoms with E-state index in [1.165, 1.54) is 18.2 Å². The van der Waals surface area contributed by atoms with E-state index in [1.54, 1.807) is 4.90 Å². The van der Waals surface area contributed by atoms with Crippen molar-refractivity contribution >= 4 is 29.1 Å². The summed E-state index contributed by atoms with van der Waals surface area (Å²) in [6.45, 7) is 3.84. The third kappa shape index (κ3) is 3.28. The van der Waals surface area contributed by atoms with Gasteiger partial charge in [-0.15, -0.1) is 0 Å². The average molecular weight is 408 g/mol. The Labute approximate surface area is 172 Å². The van der Waals surface area contributed by atoms with Crippen molar-refractivity contribution in [3.63, 3.8) is 0 Å². The van der Waals surface area contributed by atoms with Crippen LogP contribution in [0.25, 0.3) is 0 Å². The number of benzene rings is 2. The zero-order valence-electron chi connectivity index (χ0n) is 16.4. The standard InChI is InChI=1S/C21H20N4O5/c1-14-5-2-3-7-16(14)22-9-11-23(12-10-22)18(26)13-24-20(27)15-6-4-8-17(25(29)30)19(15)21(24)28/h2-8H,9-13H2,1H3. The van der Waals surface area contributed by atoms with E-state index in [0.717, 1.165) is 16.2 Å². The van der Waals surface area contributed by atoms with E-state index in [4.69, 9.17) is 0 Å². The predicted molar refractivity (Wildman–Crippen MR) is 108 cm³/mol. The SMILES string of the molecule is Cc1ccccc1N1CCN(C(=O)CN2C(=O)c3cccc([N+](=O)[O-])c3C2=O)CC1. The molecule has 9 nitrogen and oxygen atoms in total. The van der Waals surface area contributed by atoms with Crippen molar-refractivity contribution in [1.29, 1.82) is 0 Å². The zero-order valence-corrected chi connectivity index (χ0v) is 16.4. The number of nitro groups is 1. The van der Waals surface area contributed by atoms with Crippen molar-refractivity contribution in [2.45, 2.75) is 6.92 Å². The molecule has 0 atom stereocenters. The van der Waals surface area contributed by atoms with E-state index >= 15 is 0 Å². The van der Waals surface area contributed by atoms with Gasteiger partial charge in [0.2, 0.25) is 5.91 Å². The molecule has 1 saturated heterocycles. The van der Waals surface area contributed by atoms with E-state index in [0.29, 0.717) is 26.2 Å². The van der Waals surface area contributed by atoms with Crippen molar-refractivity contribution in [2.75, 3.05) is 37.6 Å². The number of imide groups is 1. The fourth-order valence-corrected chi connectivity index (χ4v) is 3.96. The Morgan fingerprint density at radius 1 is 1.00 bits per heavy atom. The number of carbonyl (C=O) groups is 3. The lowest BCUT2D eigenvalue weighted by Gasteiger charge is -2.37. The number of nitrogens with zero attached hydrogens (tertiary/aromatic N) is 4. The van der Waals surface area contributed by atoms with Crippen LogP contribution < -0.4 is 4.90 Å². The molecule has 154 valence electrons. The highest BCUT2D eigenvalue weighted by molar-refractivity contribution is 6.24. The van der Waals surface area contributed by atoms with E-state index in [2.05, 4.69) is 4.90 Å². The first-order valence-electron chi connectivity index (χ1n) is 9.60. The second-order valence-electron chi connectivity index (χ2n) is 7.31. The summed E-state index contributed by atoms with van der Waals surface area (Å²) in [5, 5.41) is 11.2. The summed E-state index contributed by atoms with van der Waals surface area (Å²) >= 11 is 0. The van der Waals surface area contributed by atoms with Gasteiger partial charge in [0, 0.05) is 37.9 Å². The van der Waals surface area contributed by atoms with Crippen LogP contribution >= 0.6 is 0 Å². The average Bonchev–Trinajstić information content (AvgIpc) is 2.99. The van der Waals surface area contributed by atoms with Crippen molar-refractivity contribution in [3.8, 4) is 0 Å². The van der Waals surface area contributed by atoms with Crippen LogP contribution in [0.2, 0.25) is 0 Å². The molecule has 30 heavy (non-hydrogen) atoms. The van der Waals surface area contributed by atoms with E-state index in [9.17, 15) is 24.5 Å². The third-order valence-corrected chi connectivity index (χ3v) is 5.56. The molecule has 0 saturated carbocycles. The summed E-state index contributed by atoms with van der Waals surface area (Å²) in [5.74, 6) is -1.82. The Hall–Kier alpha value is -3.75. The van der Waals surface area contributed by atoms with Gasteiger partial charge in [-0.2, -0.15) is 0 Å². The maximum atomic E-state index is 12.8. The van der Waals surface area contributed by atoms with Gasteiger partial charge in [0.25, 0.3) is 17.5 Å². The quantitative estimate of drug-likeness (QED) is 0.434. The van der Waals surface area contributed by atoms with Crippen LogP contribution in [0.4, 0.5) is 11.4 Å². The molecule has 0 spiro atoms. The van der Waals surface area contributed by atoms with Gasteiger partial charge in [-0.1, -0.05) is 24.3 Å². The van der Waals surface area contributed by atoms with Crippen LogP contribution in [0.15, 0.2) is 42.5 Å². The summed E-state index contributed by atoms with van der Waals surface area (Å²) in [5.41, 5.74) is 1.57. The molecule has 0 radical (unpaired) electrons. The molecular formula is C21H20N4O5.